The van der Waals surface area contributed by atoms with Crippen LogP contribution >= 0.6 is 0 Å². The van der Waals surface area contributed by atoms with Crippen molar-refractivity contribution in [1.29, 1.82) is 0 Å². The van der Waals surface area contributed by atoms with Crippen LogP contribution in [0.1, 0.15) is 31.7 Å². The number of rotatable bonds is 6. The van der Waals surface area contributed by atoms with Gasteiger partial charge in [0.05, 0.1) is 11.0 Å². The molecule has 0 aliphatic heterocycles. The normalized spacial score (nSPS) is 21.4. The summed E-state index contributed by atoms with van der Waals surface area (Å²) in [5, 5.41) is 14.1. The number of hydrogen-bond acceptors (Lipinski definition) is 4. The first kappa shape index (κ1) is 14.7. The summed E-state index contributed by atoms with van der Waals surface area (Å²) in [6, 6.07) is 2.76. The summed E-state index contributed by atoms with van der Waals surface area (Å²) in [6.07, 6.45) is 2.75. The van der Waals surface area contributed by atoms with Gasteiger partial charge < -0.3 is 10.1 Å². The molecule has 1 aliphatic carbocycles. The molecule has 1 aromatic rings. The molecule has 1 fully saturated rings. The lowest BCUT2D eigenvalue weighted by Gasteiger charge is -2.36. The van der Waals surface area contributed by atoms with Gasteiger partial charge in [-0.15, -0.1) is 0 Å². The van der Waals surface area contributed by atoms with Gasteiger partial charge >= 0.3 is 0 Å². The van der Waals surface area contributed by atoms with Crippen LogP contribution in [0.25, 0.3) is 0 Å². The highest BCUT2D eigenvalue weighted by Crippen LogP contribution is 2.31. The first-order valence-corrected chi connectivity index (χ1v) is 6.85. The van der Waals surface area contributed by atoms with Gasteiger partial charge in [0, 0.05) is 11.6 Å². The third kappa shape index (κ3) is 3.25. The fraction of sp³-hybridized carbons (Fsp3) is 0.571. The van der Waals surface area contributed by atoms with Crippen molar-refractivity contribution in [3.63, 3.8) is 0 Å². The zero-order valence-corrected chi connectivity index (χ0v) is 11.7. The molecule has 0 amide bonds. The Hall–Kier alpha value is -1.69. The van der Waals surface area contributed by atoms with E-state index < -0.39 is 10.7 Å². The number of nitrogens with one attached hydrogen (secondary N) is 1. The molecule has 0 aromatic heterocycles. The molecule has 0 saturated heterocycles. The van der Waals surface area contributed by atoms with Gasteiger partial charge in [-0.3, -0.25) is 10.1 Å². The van der Waals surface area contributed by atoms with E-state index >= 15 is 0 Å². The number of nitrogens with zero attached hydrogens (tertiary/aromatic N) is 1. The van der Waals surface area contributed by atoms with Gasteiger partial charge in [-0.25, -0.2) is 4.39 Å². The monoisotopic (exact) mass is 282 g/mol. The SMILES string of the molecule is CCCNC1CC(Oc2cc(C)c([N+](=O)[O-])cc2F)C1. The molecule has 1 aromatic carbocycles. The molecular formula is C14H19FN2O3. The van der Waals surface area contributed by atoms with Crippen molar-refractivity contribution in [1.82, 2.24) is 5.32 Å². The fourth-order valence-corrected chi connectivity index (χ4v) is 2.29. The Morgan fingerprint density at radius 3 is 2.80 bits per heavy atom. The minimum absolute atomic E-state index is 0.0142. The predicted molar refractivity (Wildman–Crippen MR) is 73.5 cm³/mol. The van der Waals surface area contributed by atoms with Crippen LogP contribution in [-0.4, -0.2) is 23.6 Å². The largest absolute Gasteiger partial charge is 0.487 e. The number of ether oxygens (including phenoxy) is 1. The van der Waals surface area contributed by atoms with E-state index in [1.807, 2.05) is 0 Å². The number of nitro benzene ring substituents is 1. The number of halogens is 1. The molecule has 1 saturated carbocycles. The second-order valence-corrected chi connectivity index (χ2v) is 5.19. The molecule has 6 heteroatoms. The van der Waals surface area contributed by atoms with Crippen molar-refractivity contribution in [3.05, 3.63) is 33.6 Å². The van der Waals surface area contributed by atoms with E-state index in [2.05, 4.69) is 12.2 Å². The third-order valence-electron chi connectivity index (χ3n) is 3.52. The number of hydrogen-bond donors (Lipinski definition) is 1. The second kappa shape index (κ2) is 6.17. The summed E-state index contributed by atoms with van der Waals surface area (Å²) in [6.45, 7) is 4.66. The first-order valence-electron chi connectivity index (χ1n) is 6.85. The van der Waals surface area contributed by atoms with Gasteiger partial charge in [0.25, 0.3) is 5.69 Å². The summed E-state index contributed by atoms with van der Waals surface area (Å²) >= 11 is 0. The lowest BCUT2D eigenvalue weighted by molar-refractivity contribution is -0.385. The average molecular weight is 282 g/mol. The van der Waals surface area contributed by atoms with Crippen molar-refractivity contribution < 1.29 is 14.1 Å². The highest BCUT2D eigenvalue weighted by Gasteiger charge is 2.31. The number of benzene rings is 1. The molecule has 0 bridgehead atoms. The second-order valence-electron chi connectivity index (χ2n) is 5.19. The van der Waals surface area contributed by atoms with E-state index in [1.54, 1.807) is 6.92 Å². The molecule has 20 heavy (non-hydrogen) atoms. The van der Waals surface area contributed by atoms with Crippen LogP contribution in [0, 0.1) is 22.9 Å². The molecule has 0 heterocycles. The third-order valence-corrected chi connectivity index (χ3v) is 3.52. The summed E-state index contributed by atoms with van der Waals surface area (Å²) in [7, 11) is 0. The van der Waals surface area contributed by atoms with E-state index in [0.29, 0.717) is 11.6 Å². The fourth-order valence-electron chi connectivity index (χ4n) is 2.29. The number of aryl methyl sites for hydroxylation is 1. The topological polar surface area (TPSA) is 64.4 Å². The van der Waals surface area contributed by atoms with Crippen LogP contribution in [0.3, 0.4) is 0 Å². The van der Waals surface area contributed by atoms with Crippen molar-refractivity contribution in [2.45, 2.75) is 45.3 Å². The summed E-state index contributed by atoms with van der Waals surface area (Å²) in [5.74, 6) is -0.570. The van der Waals surface area contributed by atoms with E-state index in [-0.39, 0.29) is 17.5 Å². The Bertz CT molecular complexity index is 501. The van der Waals surface area contributed by atoms with Gasteiger partial charge in [0.1, 0.15) is 6.10 Å². The van der Waals surface area contributed by atoms with Crippen molar-refractivity contribution in [2.75, 3.05) is 6.54 Å². The van der Waals surface area contributed by atoms with Crippen LogP contribution in [0.15, 0.2) is 12.1 Å². The average Bonchev–Trinajstić information content (AvgIpc) is 2.35. The van der Waals surface area contributed by atoms with Crippen molar-refractivity contribution in [3.8, 4) is 5.75 Å². The quantitative estimate of drug-likeness (QED) is 0.643. The minimum atomic E-state index is -0.674. The molecular weight excluding hydrogens is 263 g/mol. The van der Waals surface area contributed by atoms with Gasteiger partial charge in [0.15, 0.2) is 11.6 Å². The maximum atomic E-state index is 13.8. The molecule has 0 spiro atoms. The predicted octanol–water partition coefficient (Wildman–Crippen LogP) is 2.95. The Labute approximate surface area is 117 Å². The molecule has 0 radical (unpaired) electrons. The maximum absolute atomic E-state index is 13.8. The Morgan fingerprint density at radius 1 is 1.50 bits per heavy atom. The lowest BCUT2D eigenvalue weighted by Crippen LogP contribution is -2.47. The van der Waals surface area contributed by atoms with Crippen molar-refractivity contribution >= 4 is 5.69 Å². The van der Waals surface area contributed by atoms with Crippen LogP contribution in [0.5, 0.6) is 5.75 Å². The van der Waals surface area contributed by atoms with E-state index in [9.17, 15) is 14.5 Å². The van der Waals surface area contributed by atoms with Gasteiger partial charge in [-0.05, 0) is 38.8 Å². The highest BCUT2D eigenvalue weighted by atomic mass is 19.1. The number of nitro groups is 1. The molecule has 5 nitrogen and oxygen atoms in total. The van der Waals surface area contributed by atoms with Gasteiger partial charge in [-0.1, -0.05) is 6.92 Å². The van der Waals surface area contributed by atoms with E-state index in [0.717, 1.165) is 31.9 Å². The summed E-state index contributed by atoms with van der Waals surface area (Å²) in [4.78, 5) is 10.1. The Balaban J connectivity index is 1.95. The summed E-state index contributed by atoms with van der Waals surface area (Å²) < 4.78 is 19.3. The first-order chi connectivity index (χ1) is 9.51. The highest BCUT2D eigenvalue weighted by molar-refractivity contribution is 5.45. The molecule has 1 aliphatic rings. The van der Waals surface area contributed by atoms with Crippen molar-refractivity contribution in [2.24, 2.45) is 0 Å². The molecule has 2 rings (SSSR count). The summed E-state index contributed by atoms with van der Waals surface area (Å²) in [5.41, 5.74) is 0.192. The van der Waals surface area contributed by atoms with E-state index in [4.69, 9.17) is 4.74 Å². The van der Waals surface area contributed by atoms with Crippen LogP contribution in [0.2, 0.25) is 0 Å². The molecule has 0 unspecified atom stereocenters. The van der Waals surface area contributed by atoms with E-state index in [1.165, 1.54) is 6.07 Å². The maximum Gasteiger partial charge on any atom is 0.275 e. The standard InChI is InChI=1S/C14H19FN2O3/c1-3-4-16-10-6-11(7-10)20-14-5-9(2)13(17(18)19)8-12(14)15/h5,8,10-11,16H,3-4,6-7H2,1-2H3. The molecule has 1 N–H and O–H groups in total. The van der Waals surface area contributed by atoms with Gasteiger partial charge in [-0.2, -0.15) is 0 Å². The van der Waals surface area contributed by atoms with Crippen LogP contribution in [0.4, 0.5) is 10.1 Å². The zero-order valence-electron chi connectivity index (χ0n) is 11.7. The lowest BCUT2D eigenvalue weighted by atomic mass is 9.89. The smallest absolute Gasteiger partial charge is 0.275 e. The van der Waals surface area contributed by atoms with Crippen LogP contribution in [-0.2, 0) is 0 Å². The Morgan fingerprint density at radius 2 is 2.20 bits per heavy atom. The van der Waals surface area contributed by atoms with Gasteiger partial charge in [0.2, 0.25) is 0 Å². The Kier molecular flexibility index (Phi) is 4.54. The zero-order chi connectivity index (χ0) is 14.7. The molecule has 110 valence electrons. The molecule has 0 atom stereocenters. The van der Waals surface area contributed by atoms with Crippen LogP contribution < -0.4 is 10.1 Å². The minimum Gasteiger partial charge on any atom is -0.487 e.